The Hall–Kier alpha value is 0.510. The van der Waals surface area contributed by atoms with Gasteiger partial charge in [0, 0.05) is 6.42 Å². The molecule has 0 heterocycles. The van der Waals surface area contributed by atoms with Crippen LogP contribution >= 0.6 is 27.6 Å². The van der Waals surface area contributed by atoms with Gasteiger partial charge in [0.1, 0.15) is 0 Å². The van der Waals surface area contributed by atoms with Crippen LogP contribution in [0.25, 0.3) is 0 Å². The molecule has 0 aromatic heterocycles. The van der Waals surface area contributed by atoms with Crippen molar-refractivity contribution in [3.8, 4) is 0 Å². The van der Waals surface area contributed by atoms with Gasteiger partial charge in [0.25, 0.3) is 5.08 Å². The Labute approximate surface area is 92.2 Å². The van der Waals surface area contributed by atoms with Gasteiger partial charge in [0.15, 0.2) is 0 Å². The minimum atomic E-state index is -5.30. The van der Waals surface area contributed by atoms with Gasteiger partial charge in [0.05, 0.1) is 0 Å². The summed E-state index contributed by atoms with van der Waals surface area (Å²) in [4.78, 5) is 34.5. The Morgan fingerprint density at radius 3 is 1.60 bits per heavy atom. The maximum atomic E-state index is 10.7. The zero-order valence-electron chi connectivity index (χ0n) is 7.55. The summed E-state index contributed by atoms with van der Waals surface area (Å²) in [5, 5.41) is 5.91. The molecule has 0 aromatic carbocycles. The molecule has 0 aliphatic heterocycles. The van der Waals surface area contributed by atoms with Crippen LogP contribution in [0.4, 0.5) is 0 Å². The highest BCUT2D eigenvalue weighted by Gasteiger charge is 2.58. The molecule has 15 heavy (non-hydrogen) atoms. The van der Waals surface area contributed by atoms with E-state index in [0.717, 1.165) is 0 Å². The standard InChI is InChI=1S/C4H13NO7P2.ClH/c5-3-1-2-4(6,13(7,8)9)14(10,11)12;/h6H,1-3,5H2,(H2,7,8,9)(H2,10,11,12);1H. The molecule has 0 fully saturated rings. The molecule has 0 aliphatic rings. The van der Waals surface area contributed by atoms with Gasteiger partial charge in [-0.25, -0.2) is 0 Å². The van der Waals surface area contributed by atoms with Crippen molar-refractivity contribution >= 4 is 27.6 Å². The first-order valence-electron chi connectivity index (χ1n) is 3.60. The first kappa shape index (κ1) is 17.9. The molecule has 0 amide bonds. The molecule has 0 rings (SSSR count). The Kier molecular flexibility index (Phi) is 6.83. The van der Waals surface area contributed by atoms with Crippen LogP contribution in [0.1, 0.15) is 12.8 Å². The summed E-state index contributed by atoms with van der Waals surface area (Å²) >= 11 is 0. The van der Waals surface area contributed by atoms with E-state index in [1.165, 1.54) is 0 Å². The molecule has 0 spiro atoms. The van der Waals surface area contributed by atoms with Gasteiger partial charge in [-0.1, -0.05) is 0 Å². The zero-order chi connectivity index (χ0) is 11.6. The molecule has 0 unspecified atom stereocenters. The Morgan fingerprint density at radius 1 is 1.07 bits per heavy atom. The van der Waals surface area contributed by atoms with Crippen LogP contribution in [0.15, 0.2) is 0 Å². The fourth-order valence-electron chi connectivity index (χ4n) is 0.800. The summed E-state index contributed by atoms with van der Waals surface area (Å²) in [6, 6.07) is 0. The number of aliphatic hydroxyl groups is 1. The molecule has 7 N–H and O–H groups in total. The van der Waals surface area contributed by atoms with E-state index in [2.05, 4.69) is 0 Å². The SMILES string of the molecule is Cl.NCCCC(O)(P(=O)(O)O)P(=O)(O)O. The normalized spacial score (nSPS) is 13.5. The number of nitrogens with two attached hydrogens (primary N) is 1. The quantitative estimate of drug-likeness (QED) is 0.356. The predicted octanol–water partition coefficient (Wildman–Crippen LogP) is -0.851. The van der Waals surface area contributed by atoms with Gasteiger partial charge < -0.3 is 30.4 Å². The molecule has 94 valence electrons. The molecular weight excluding hydrogens is 271 g/mol. The molecule has 0 aliphatic carbocycles. The number of hydrogen-bond acceptors (Lipinski definition) is 4. The zero-order valence-corrected chi connectivity index (χ0v) is 10.2. The van der Waals surface area contributed by atoms with Crippen molar-refractivity contribution in [2.24, 2.45) is 5.73 Å². The van der Waals surface area contributed by atoms with E-state index in [-0.39, 0.29) is 25.4 Å². The lowest BCUT2D eigenvalue weighted by Crippen LogP contribution is -2.29. The van der Waals surface area contributed by atoms with Gasteiger partial charge >= 0.3 is 15.2 Å². The summed E-state index contributed by atoms with van der Waals surface area (Å²) < 4.78 is 21.4. The van der Waals surface area contributed by atoms with Crippen LogP contribution in [-0.4, -0.2) is 36.3 Å². The third-order valence-electron chi connectivity index (χ3n) is 1.65. The first-order valence-corrected chi connectivity index (χ1v) is 6.82. The highest BCUT2D eigenvalue weighted by atomic mass is 35.5. The van der Waals surface area contributed by atoms with Crippen LogP contribution < -0.4 is 5.73 Å². The fraction of sp³-hybridized carbons (Fsp3) is 1.00. The molecule has 8 nitrogen and oxygen atoms in total. The van der Waals surface area contributed by atoms with E-state index in [0.29, 0.717) is 0 Å². The highest BCUT2D eigenvalue weighted by molar-refractivity contribution is 7.72. The van der Waals surface area contributed by atoms with Gasteiger partial charge in [0.2, 0.25) is 0 Å². The van der Waals surface area contributed by atoms with E-state index in [1.54, 1.807) is 0 Å². The van der Waals surface area contributed by atoms with Crippen LogP contribution in [0, 0.1) is 0 Å². The average Bonchev–Trinajstić information content (AvgIpc) is 1.95. The van der Waals surface area contributed by atoms with Gasteiger partial charge in [-0.15, -0.1) is 12.4 Å². The van der Waals surface area contributed by atoms with E-state index < -0.39 is 26.7 Å². The van der Waals surface area contributed by atoms with Crippen LogP contribution in [0.5, 0.6) is 0 Å². The Bertz CT molecular complexity index is 263. The first-order chi connectivity index (χ1) is 6.06. The van der Waals surface area contributed by atoms with E-state index >= 15 is 0 Å². The smallest absolute Gasteiger partial charge is 0.368 e. The van der Waals surface area contributed by atoms with Gasteiger partial charge in [-0.2, -0.15) is 0 Å². The molecule has 0 aromatic rings. The second-order valence-corrected chi connectivity index (χ2v) is 6.76. The minimum absolute atomic E-state index is 0. The summed E-state index contributed by atoms with van der Waals surface area (Å²) in [5.74, 6) is 0. The van der Waals surface area contributed by atoms with E-state index in [9.17, 15) is 14.2 Å². The van der Waals surface area contributed by atoms with E-state index in [1.807, 2.05) is 0 Å². The fourth-order valence-corrected chi connectivity index (χ4v) is 3.06. The maximum Gasteiger partial charge on any atom is 0.369 e. The molecule has 0 bridgehead atoms. The summed E-state index contributed by atoms with van der Waals surface area (Å²) in [5.41, 5.74) is 5.01. The maximum absolute atomic E-state index is 10.7. The predicted molar refractivity (Wildman–Crippen MR) is 54.6 cm³/mol. The minimum Gasteiger partial charge on any atom is -0.368 e. The lowest BCUT2D eigenvalue weighted by Gasteiger charge is -2.28. The van der Waals surface area contributed by atoms with Crippen molar-refractivity contribution in [3.63, 3.8) is 0 Å². The van der Waals surface area contributed by atoms with Crippen molar-refractivity contribution in [1.82, 2.24) is 0 Å². The van der Waals surface area contributed by atoms with Crippen LogP contribution in [0.2, 0.25) is 0 Å². The van der Waals surface area contributed by atoms with Crippen LogP contribution in [0.3, 0.4) is 0 Å². The summed E-state index contributed by atoms with van der Waals surface area (Å²) in [6.07, 6.45) is -0.856. The monoisotopic (exact) mass is 285 g/mol. The molecule has 0 atom stereocenters. The van der Waals surface area contributed by atoms with Crippen molar-refractivity contribution in [2.75, 3.05) is 6.54 Å². The van der Waals surface area contributed by atoms with Crippen molar-refractivity contribution < 1.29 is 33.8 Å². The molecular formula is C4H14ClNO7P2. The molecule has 0 saturated heterocycles. The Balaban J connectivity index is 0. The van der Waals surface area contributed by atoms with E-state index in [4.69, 9.17) is 25.3 Å². The third kappa shape index (κ3) is 4.11. The number of halogens is 1. The summed E-state index contributed by atoms with van der Waals surface area (Å²) in [7, 11) is -10.6. The number of rotatable bonds is 5. The molecule has 11 heteroatoms. The van der Waals surface area contributed by atoms with Crippen molar-refractivity contribution in [1.29, 1.82) is 0 Å². The lowest BCUT2D eigenvalue weighted by atomic mass is 10.3. The van der Waals surface area contributed by atoms with Gasteiger partial charge in [-0.05, 0) is 13.0 Å². The van der Waals surface area contributed by atoms with Crippen molar-refractivity contribution in [3.05, 3.63) is 0 Å². The lowest BCUT2D eigenvalue weighted by molar-refractivity contribution is 0.121. The largest absolute Gasteiger partial charge is 0.369 e. The summed E-state index contributed by atoms with van der Waals surface area (Å²) in [6.45, 7) is -0.0394. The number of hydrogen-bond donors (Lipinski definition) is 6. The molecule has 0 saturated carbocycles. The average molecular weight is 286 g/mol. The molecule has 0 radical (unpaired) electrons. The Morgan fingerprint density at radius 2 is 1.40 bits per heavy atom. The van der Waals surface area contributed by atoms with Crippen molar-refractivity contribution in [2.45, 2.75) is 17.9 Å². The second kappa shape index (κ2) is 5.72. The van der Waals surface area contributed by atoms with Crippen LogP contribution in [-0.2, 0) is 9.13 Å². The topological polar surface area (TPSA) is 161 Å². The second-order valence-electron chi connectivity index (χ2n) is 2.75. The third-order valence-corrected chi connectivity index (χ3v) is 5.53. The highest BCUT2D eigenvalue weighted by Crippen LogP contribution is 2.69. The van der Waals surface area contributed by atoms with Gasteiger partial charge in [-0.3, -0.25) is 9.13 Å².